The van der Waals surface area contributed by atoms with Crippen molar-refractivity contribution in [1.29, 1.82) is 0 Å². The lowest BCUT2D eigenvalue weighted by atomic mass is 9.94. The van der Waals surface area contributed by atoms with Gasteiger partial charge in [-0.1, -0.05) is 0 Å². The third-order valence-corrected chi connectivity index (χ3v) is 3.04. The van der Waals surface area contributed by atoms with Crippen LogP contribution in [-0.4, -0.2) is 27.6 Å². The van der Waals surface area contributed by atoms with E-state index in [1.165, 1.54) is 12.4 Å². The maximum atomic E-state index is 11.7. The number of aromatic nitrogens is 1. The third kappa shape index (κ3) is 3.34. The highest BCUT2D eigenvalue weighted by molar-refractivity contribution is 5.96. The van der Waals surface area contributed by atoms with Gasteiger partial charge in [0.25, 0.3) is 11.9 Å². The Hall–Kier alpha value is -2.31. The summed E-state index contributed by atoms with van der Waals surface area (Å²) in [4.78, 5) is 26.1. The van der Waals surface area contributed by atoms with Crippen molar-refractivity contribution in [3.63, 3.8) is 0 Å². The highest BCUT2D eigenvalue weighted by atomic mass is 16.6. The molecule has 1 saturated carbocycles. The van der Waals surface area contributed by atoms with Crippen molar-refractivity contribution in [3.8, 4) is 0 Å². The molecule has 1 amide bonds. The molecule has 1 fully saturated rings. The van der Waals surface area contributed by atoms with Gasteiger partial charge in [-0.25, -0.2) is 5.43 Å². The molecule has 0 bridgehead atoms. The Kier molecular flexibility index (Phi) is 4.17. The molecule has 1 aliphatic carbocycles. The summed E-state index contributed by atoms with van der Waals surface area (Å²) in [6, 6.07) is 2.34. The summed E-state index contributed by atoms with van der Waals surface area (Å²) in [5, 5.41) is 14.8. The molecule has 0 saturated heterocycles. The molecule has 7 nitrogen and oxygen atoms in total. The van der Waals surface area contributed by atoms with Gasteiger partial charge in [0, 0.05) is 29.3 Å². The van der Waals surface area contributed by atoms with Crippen molar-refractivity contribution in [1.82, 2.24) is 10.4 Å². The fourth-order valence-corrected chi connectivity index (χ4v) is 2.02. The maximum Gasteiger partial charge on any atom is 0.271 e. The molecule has 0 aromatic carbocycles. The molecule has 1 aromatic rings. The first-order valence-corrected chi connectivity index (χ1v) is 6.09. The van der Waals surface area contributed by atoms with Crippen LogP contribution in [0.4, 0.5) is 0 Å². The summed E-state index contributed by atoms with van der Waals surface area (Å²) in [5.41, 5.74) is 3.24. The molecule has 0 radical (unpaired) electrons. The summed E-state index contributed by atoms with van der Waals surface area (Å²) < 4.78 is 0. The molecular formula is C12H14N4O3. The fraction of sp³-hybridized carbons (Fsp3) is 0.417. The number of hydrazone groups is 1. The highest BCUT2D eigenvalue weighted by Gasteiger charge is 2.30. The van der Waals surface area contributed by atoms with Gasteiger partial charge in [-0.05, 0) is 31.4 Å². The van der Waals surface area contributed by atoms with Gasteiger partial charge >= 0.3 is 0 Å². The first-order valence-electron chi connectivity index (χ1n) is 6.09. The molecule has 1 aromatic heterocycles. The number of nitro groups is 1. The molecule has 1 aliphatic rings. The van der Waals surface area contributed by atoms with E-state index >= 15 is 0 Å². The minimum absolute atomic E-state index is 0.337. The Balaban J connectivity index is 2.04. The van der Waals surface area contributed by atoms with Crippen molar-refractivity contribution in [2.75, 3.05) is 0 Å². The normalized spacial score (nSPS) is 21.1. The third-order valence-electron chi connectivity index (χ3n) is 3.04. The van der Waals surface area contributed by atoms with Gasteiger partial charge in [-0.15, -0.1) is 0 Å². The molecule has 19 heavy (non-hydrogen) atoms. The SMILES string of the molecule is O=C(N/N=C1/CCCCC1[N+](=O)[O-])c1ccncc1. The minimum Gasteiger partial charge on any atom is -0.267 e. The van der Waals surface area contributed by atoms with Crippen molar-refractivity contribution in [2.24, 2.45) is 5.10 Å². The van der Waals surface area contributed by atoms with E-state index in [9.17, 15) is 14.9 Å². The maximum absolute atomic E-state index is 11.7. The second-order valence-electron chi connectivity index (χ2n) is 4.33. The Morgan fingerprint density at radius 1 is 1.42 bits per heavy atom. The lowest BCUT2D eigenvalue weighted by molar-refractivity contribution is -0.504. The summed E-state index contributed by atoms with van der Waals surface area (Å²) in [6.45, 7) is 0. The van der Waals surface area contributed by atoms with Crippen LogP contribution in [0.5, 0.6) is 0 Å². The second kappa shape index (κ2) is 6.03. The Bertz CT molecular complexity index is 501. The molecule has 1 heterocycles. The summed E-state index contributed by atoms with van der Waals surface area (Å²) in [7, 11) is 0. The van der Waals surface area contributed by atoms with Gasteiger partial charge in [0.05, 0.1) is 0 Å². The van der Waals surface area contributed by atoms with Gasteiger partial charge in [0.2, 0.25) is 0 Å². The van der Waals surface area contributed by atoms with Crippen LogP contribution in [0.1, 0.15) is 36.0 Å². The number of rotatable bonds is 3. The Labute approximate surface area is 109 Å². The Morgan fingerprint density at radius 2 is 2.16 bits per heavy atom. The lowest BCUT2D eigenvalue weighted by Crippen LogP contribution is -2.34. The topological polar surface area (TPSA) is 97.5 Å². The quantitative estimate of drug-likeness (QED) is 0.657. The highest BCUT2D eigenvalue weighted by Crippen LogP contribution is 2.17. The van der Waals surface area contributed by atoms with Crippen LogP contribution < -0.4 is 5.43 Å². The number of hydrogen-bond acceptors (Lipinski definition) is 5. The van der Waals surface area contributed by atoms with E-state index in [1.54, 1.807) is 12.1 Å². The smallest absolute Gasteiger partial charge is 0.267 e. The number of pyridine rings is 1. The lowest BCUT2D eigenvalue weighted by Gasteiger charge is -2.17. The van der Waals surface area contributed by atoms with Gasteiger partial charge < -0.3 is 0 Å². The molecule has 1 N–H and O–H groups in total. The minimum atomic E-state index is -0.772. The number of amides is 1. The van der Waals surface area contributed by atoms with Crippen molar-refractivity contribution < 1.29 is 9.72 Å². The van der Waals surface area contributed by atoms with Crippen LogP contribution in [0.3, 0.4) is 0 Å². The Morgan fingerprint density at radius 3 is 2.84 bits per heavy atom. The first-order chi connectivity index (χ1) is 9.18. The van der Waals surface area contributed by atoms with Crippen molar-refractivity contribution in [2.45, 2.75) is 31.7 Å². The van der Waals surface area contributed by atoms with Crippen LogP contribution in [0.15, 0.2) is 29.6 Å². The fourth-order valence-electron chi connectivity index (χ4n) is 2.02. The van der Waals surface area contributed by atoms with Gasteiger partial charge in [-0.2, -0.15) is 5.10 Å². The van der Waals surface area contributed by atoms with Crippen molar-refractivity contribution >= 4 is 11.6 Å². The average Bonchev–Trinajstić information content (AvgIpc) is 2.46. The number of nitrogens with zero attached hydrogens (tertiary/aromatic N) is 3. The molecule has 0 aliphatic heterocycles. The zero-order valence-electron chi connectivity index (χ0n) is 10.3. The largest absolute Gasteiger partial charge is 0.271 e. The van der Waals surface area contributed by atoms with Gasteiger partial charge in [0.1, 0.15) is 5.71 Å². The number of carbonyl (C=O) groups excluding carboxylic acids is 1. The van der Waals surface area contributed by atoms with Gasteiger partial charge in [-0.3, -0.25) is 19.9 Å². The molecule has 100 valence electrons. The van der Waals surface area contributed by atoms with Crippen LogP contribution >= 0.6 is 0 Å². The predicted molar refractivity (Wildman–Crippen MR) is 68.4 cm³/mol. The predicted octanol–water partition coefficient (Wildman–Crippen LogP) is 1.39. The van der Waals surface area contributed by atoms with E-state index in [4.69, 9.17) is 0 Å². The van der Waals surface area contributed by atoms with E-state index < -0.39 is 6.04 Å². The number of carbonyl (C=O) groups is 1. The first kappa shape index (κ1) is 13.1. The van der Waals surface area contributed by atoms with E-state index in [0.29, 0.717) is 24.1 Å². The second-order valence-corrected chi connectivity index (χ2v) is 4.33. The summed E-state index contributed by atoms with van der Waals surface area (Å²) in [6.07, 6.45) is 5.74. The van der Waals surface area contributed by atoms with Crippen LogP contribution in [0, 0.1) is 10.1 Å². The molecule has 2 rings (SSSR count). The van der Waals surface area contributed by atoms with E-state index in [1.807, 2.05) is 0 Å². The summed E-state index contributed by atoms with van der Waals surface area (Å²) in [5.74, 6) is -0.387. The zero-order chi connectivity index (χ0) is 13.7. The monoisotopic (exact) mass is 262 g/mol. The summed E-state index contributed by atoms with van der Waals surface area (Å²) >= 11 is 0. The standard InChI is InChI=1S/C12H14N4O3/c17-12(9-5-7-13-8-6-9)15-14-10-3-1-2-4-11(10)16(18)19/h5-8,11H,1-4H2,(H,15,17)/b14-10-. The van der Waals surface area contributed by atoms with Crippen LogP contribution in [0.25, 0.3) is 0 Å². The molecule has 0 spiro atoms. The number of hydrogen-bond donors (Lipinski definition) is 1. The average molecular weight is 262 g/mol. The number of nitrogens with one attached hydrogen (secondary N) is 1. The van der Waals surface area contributed by atoms with E-state index in [0.717, 1.165) is 12.8 Å². The van der Waals surface area contributed by atoms with Crippen LogP contribution in [-0.2, 0) is 0 Å². The van der Waals surface area contributed by atoms with E-state index in [2.05, 4.69) is 15.5 Å². The van der Waals surface area contributed by atoms with Crippen LogP contribution in [0.2, 0.25) is 0 Å². The van der Waals surface area contributed by atoms with Crippen molar-refractivity contribution in [3.05, 3.63) is 40.2 Å². The van der Waals surface area contributed by atoms with Gasteiger partial charge in [0.15, 0.2) is 0 Å². The van der Waals surface area contributed by atoms with E-state index in [-0.39, 0.29) is 10.8 Å². The molecular weight excluding hydrogens is 248 g/mol. The molecule has 7 heteroatoms. The molecule has 1 unspecified atom stereocenters. The zero-order valence-corrected chi connectivity index (χ0v) is 10.3. The molecule has 1 atom stereocenters.